The van der Waals surface area contributed by atoms with Gasteiger partial charge >= 0.3 is 5.97 Å². The molecule has 7 heteroatoms. The number of carboxylic acids is 1. The van der Waals surface area contributed by atoms with Crippen LogP contribution in [0.1, 0.15) is 28.4 Å². The summed E-state index contributed by atoms with van der Waals surface area (Å²) >= 11 is 0. The second kappa shape index (κ2) is 7.90. The van der Waals surface area contributed by atoms with Crippen molar-refractivity contribution in [3.05, 3.63) is 59.2 Å². The van der Waals surface area contributed by atoms with Crippen LogP contribution in [-0.4, -0.2) is 36.0 Å². The van der Waals surface area contributed by atoms with Crippen molar-refractivity contribution in [2.75, 3.05) is 18.1 Å². The average molecular weight is 368 g/mol. The van der Waals surface area contributed by atoms with E-state index in [4.69, 9.17) is 9.84 Å². The maximum absolute atomic E-state index is 12.4. The highest BCUT2D eigenvalue weighted by Gasteiger charge is 2.23. The van der Waals surface area contributed by atoms with Gasteiger partial charge in [-0.3, -0.25) is 9.59 Å². The monoisotopic (exact) mass is 368 g/mol. The Labute approximate surface area is 156 Å². The number of carbonyl (C=O) groups excluding carboxylic acids is 2. The summed E-state index contributed by atoms with van der Waals surface area (Å²) < 4.78 is 5.13. The Morgan fingerprint density at radius 1 is 1.19 bits per heavy atom. The number of nitrogens with zero attached hydrogens (tertiary/aromatic N) is 1. The number of carbonyl (C=O) groups is 3. The van der Waals surface area contributed by atoms with Crippen LogP contribution in [0.15, 0.2) is 42.5 Å². The van der Waals surface area contributed by atoms with Gasteiger partial charge in [0.1, 0.15) is 5.75 Å². The van der Waals surface area contributed by atoms with Crippen LogP contribution in [0.3, 0.4) is 0 Å². The Morgan fingerprint density at radius 3 is 2.74 bits per heavy atom. The van der Waals surface area contributed by atoms with Crippen molar-refractivity contribution in [2.45, 2.75) is 19.9 Å². The summed E-state index contributed by atoms with van der Waals surface area (Å²) in [6.45, 7) is 2.05. The molecule has 0 spiro atoms. The SMILES string of the molecule is CC(=O)N1CCc2cc(C(=O)NCc3cccc(OCC(=O)O)c3)ccc21. The fraction of sp³-hybridized carbons (Fsp3) is 0.250. The van der Waals surface area contributed by atoms with E-state index in [2.05, 4.69) is 5.32 Å². The Bertz CT molecular complexity index is 894. The van der Waals surface area contributed by atoms with Gasteiger partial charge in [0.2, 0.25) is 5.91 Å². The number of nitrogens with one attached hydrogen (secondary N) is 1. The smallest absolute Gasteiger partial charge is 0.341 e. The van der Waals surface area contributed by atoms with E-state index in [1.54, 1.807) is 35.2 Å². The molecule has 0 aliphatic carbocycles. The zero-order valence-corrected chi connectivity index (χ0v) is 14.9. The van der Waals surface area contributed by atoms with Gasteiger partial charge in [-0.05, 0) is 47.9 Å². The molecule has 2 N–H and O–H groups in total. The van der Waals surface area contributed by atoms with E-state index in [0.717, 1.165) is 23.2 Å². The lowest BCUT2D eigenvalue weighted by molar-refractivity contribution is -0.139. The second-order valence-corrected chi connectivity index (χ2v) is 6.28. The van der Waals surface area contributed by atoms with E-state index in [1.807, 2.05) is 12.1 Å². The number of anilines is 1. The van der Waals surface area contributed by atoms with Gasteiger partial charge in [-0.2, -0.15) is 0 Å². The van der Waals surface area contributed by atoms with Crippen LogP contribution in [0, 0.1) is 0 Å². The number of carboxylic acid groups (broad SMARTS) is 1. The first kappa shape index (κ1) is 18.4. The molecule has 1 heterocycles. The summed E-state index contributed by atoms with van der Waals surface area (Å²) in [5.41, 5.74) is 3.19. The lowest BCUT2D eigenvalue weighted by atomic mass is 10.1. The largest absolute Gasteiger partial charge is 0.482 e. The van der Waals surface area contributed by atoms with E-state index in [0.29, 0.717) is 24.4 Å². The molecule has 27 heavy (non-hydrogen) atoms. The van der Waals surface area contributed by atoms with Crippen LogP contribution in [0.4, 0.5) is 5.69 Å². The quantitative estimate of drug-likeness (QED) is 0.813. The van der Waals surface area contributed by atoms with Gasteiger partial charge in [-0.25, -0.2) is 4.79 Å². The third-order valence-corrected chi connectivity index (χ3v) is 4.33. The molecule has 0 fully saturated rings. The first-order valence-corrected chi connectivity index (χ1v) is 8.57. The van der Waals surface area contributed by atoms with Crippen molar-refractivity contribution in [2.24, 2.45) is 0 Å². The molecule has 0 saturated heterocycles. The minimum Gasteiger partial charge on any atom is -0.482 e. The molecule has 3 rings (SSSR count). The summed E-state index contributed by atoms with van der Waals surface area (Å²) in [5, 5.41) is 11.5. The lowest BCUT2D eigenvalue weighted by Gasteiger charge is -2.14. The van der Waals surface area contributed by atoms with E-state index in [9.17, 15) is 14.4 Å². The lowest BCUT2D eigenvalue weighted by Crippen LogP contribution is -2.26. The molecule has 140 valence electrons. The van der Waals surface area contributed by atoms with Crippen molar-refractivity contribution >= 4 is 23.5 Å². The Balaban J connectivity index is 1.62. The number of ether oxygens (including phenoxy) is 1. The molecular weight excluding hydrogens is 348 g/mol. The molecular formula is C20H20N2O5. The van der Waals surface area contributed by atoms with Crippen molar-refractivity contribution in [3.8, 4) is 5.75 Å². The number of benzene rings is 2. The Morgan fingerprint density at radius 2 is 2.00 bits per heavy atom. The normalized spacial score (nSPS) is 12.4. The molecule has 7 nitrogen and oxygen atoms in total. The fourth-order valence-electron chi connectivity index (χ4n) is 3.04. The van der Waals surface area contributed by atoms with E-state index < -0.39 is 12.6 Å². The highest BCUT2D eigenvalue weighted by molar-refractivity contribution is 5.97. The van der Waals surface area contributed by atoms with Gasteiger partial charge in [0.15, 0.2) is 6.61 Å². The van der Waals surface area contributed by atoms with E-state index >= 15 is 0 Å². The van der Waals surface area contributed by atoms with E-state index in [1.165, 1.54) is 6.92 Å². The highest BCUT2D eigenvalue weighted by atomic mass is 16.5. The third-order valence-electron chi connectivity index (χ3n) is 4.33. The van der Waals surface area contributed by atoms with Crippen LogP contribution < -0.4 is 15.0 Å². The van der Waals surface area contributed by atoms with Crippen molar-refractivity contribution in [1.82, 2.24) is 5.32 Å². The number of aliphatic carboxylic acids is 1. The summed E-state index contributed by atoms with van der Waals surface area (Å²) in [6, 6.07) is 12.2. The number of rotatable bonds is 6. The van der Waals surface area contributed by atoms with Gasteiger partial charge in [-0.15, -0.1) is 0 Å². The van der Waals surface area contributed by atoms with Crippen LogP contribution >= 0.6 is 0 Å². The van der Waals surface area contributed by atoms with Crippen molar-refractivity contribution < 1.29 is 24.2 Å². The Kier molecular flexibility index (Phi) is 5.40. The molecule has 2 amide bonds. The first-order chi connectivity index (χ1) is 12.9. The Hall–Kier alpha value is -3.35. The van der Waals surface area contributed by atoms with Gasteiger partial charge in [-0.1, -0.05) is 12.1 Å². The maximum atomic E-state index is 12.4. The zero-order valence-electron chi connectivity index (χ0n) is 14.9. The molecule has 2 aromatic rings. The standard InChI is InChI=1S/C20H20N2O5/c1-13(23)22-8-7-15-10-16(5-6-18(15)22)20(26)21-11-14-3-2-4-17(9-14)27-12-19(24)25/h2-6,9-10H,7-8,11-12H2,1H3,(H,21,26)(H,24,25). The highest BCUT2D eigenvalue weighted by Crippen LogP contribution is 2.28. The van der Waals surface area contributed by atoms with Gasteiger partial charge in [0.05, 0.1) is 0 Å². The topological polar surface area (TPSA) is 95.9 Å². The summed E-state index contributed by atoms with van der Waals surface area (Å²) in [4.78, 5) is 36.3. The van der Waals surface area contributed by atoms with Crippen LogP contribution in [-0.2, 0) is 22.6 Å². The number of amides is 2. The molecule has 2 aromatic carbocycles. The fourth-order valence-corrected chi connectivity index (χ4v) is 3.04. The number of fused-ring (bicyclic) bond motifs is 1. The van der Waals surface area contributed by atoms with Crippen LogP contribution in [0.5, 0.6) is 5.75 Å². The van der Waals surface area contributed by atoms with Gasteiger partial charge in [0.25, 0.3) is 5.91 Å². The maximum Gasteiger partial charge on any atom is 0.341 e. The molecule has 0 bridgehead atoms. The molecule has 0 unspecified atom stereocenters. The van der Waals surface area contributed by atoms with Crippen molar-refractivity contribution in [1.29, 1.82) is 0 Å². The first-order valence-electron chi connectivity index (χ1n) is 8.57. The third kappa shape index (κ3) is 4.44. The van der Waals surface area contributed by atoms with Crippen LogP contribution in [0.2, 0.25) is 0 Å². The summed E-state index contributed by atoms with van der Waals surface area (Å²) in [6.07, 6.45) is 0.735. The minimum atomic E-state index is -1.05. The molecule has 0 aromatic heterocycles. The van der Waals surface area contributed by atoms with E-state index in [-0.39, 0.29) is 11.8 Å². The molecule has 0 atom stereocenters. The predicted molar refractivity (Wildman–Crippen MR) is 98.9 cm³/mol. The number of hydrogen-bond donors (Lipinski definition) is 2. The van der Waals surface area contributed by atoms with Crippen LogP contribution in [0.25, 0.3) is 0 Å². The number of hydrogen-bond acceptors (Lipinski definition) is 4. The zero-order chi connectivity index (χ0) is 19.4. The summed E-state index contributed by atoms with van der Waals surface area (Å²) in [7, 11) is 0. The molecule has 0 saturated carbocycles. The molecule has 1 aliphatic rings. The van der Waals surface area contributed by atoms with Crippen molar-refractivity contribution in [3.63, 3.8) is 0 Å². The van der Waals surface area contributed by atoms with Gasteiger partial charge in [0, 0.05) is 31.3 Å². The predicted octanol–water partition coefficient (Wildman–Crippen LogP) is 1.99. The summed E-state index contributed by atoms with van der Waals surface area (Å²) in [5.74, 6) is -0.827. The minimum absolute atomic E-state index is 0.00375. The second-order valence-electron chi connectivity index (χ2n) is 6.28. The van der Waals surface area contributed by atoms with Gasteiger partial charge < -0.3 is 20.1 Å². The average Bonchev–Trinajstić information content (AvgIpc) is 3.08. The molecule has 1 aliphatic heterocycles. The molecule has 0 radical (unpaired) electrons.